The second-order valence-electron chi connectivity index (χ2n) is 7.81. The van der Waals surface area contributed by atoms with Gasteiger partial charge in [-0.25, -0.2) is 0 Å². The number of nitrogens with one attached hydrogen (secondary N) is 1. The van der Waals surface area contributed by atoms with Crippen LogP contribution in [0.5, 0.6) is 17.2 Å². The predicted molar refractivity (Wildman–Crippen MR) is 133 cm³/mol. The highest BCUT2D eigenvalue weighted by Gasteiger charge is 2.41. The maximum atomic E-state index is 5.99. The van der Waals surface area contributed by atoms with E-state index in [1.165, 1.54) is 0 Å². The quantitative estimate of drug-likeness (QED) is 0.392. The SMILES string of the molecule is COc1ccc(Oc2ccc(N3C(=S)N[C@@H](c4ccccn4)[C@@H]3c3cccn3C)cc2)cc1. The van der Waals surface area contributed by atoms with Gasteiger partial charge in [-0.1, -0.05) is 6.07 Å². The topological polar surface area (TPSA) is 51.6 Å². The van der Waals surface area contributed by atoms with Crippen molar-refractivity contribution in [3.8, 4) is 17.2 Å². The van der Waals surface area contributed by atoms with Crippen LogP contribution in [0, 0.1) is 0 Å². The number of thiocarbonyl (C=S) groups is 1. The van der Waals surface area contributed by atoms with E-state index < -0.39 is 0 Å². The summed E-state index contributed by atoms with van der Waals surface area (Å²) >= 11 is 5.79. The third kappa shape index (κ3) is 4.15. The van der Waals surface area contributed by atoms with Gasteiger partial charge in [0.25, 0.3) is 0 Å². The van der Waals surface area contributed by atoms with Crippen LogP contribution in [0.4, 0.5) is 5.69 Å². The highest BCUT2D eigenvalue weighted by molar-refractivity contribution is 7.80. The third-order valence-corrected chi connectivity index (χ3v) is 6.11. The molecule has 33 heavy (non-hydrogen) atoms. The fraction of sp³-hybridized carbons (Fsp3) is 0.154. The lowest BCUT2D eigenvalue weighted by atomic mass is 10.0. The van der Waals surface area contributed by atoms with E-state index >= 15 is 0 Å². The fourth-order valence-electron chi connectivity index (χ4n) is 4.17. The molecule has 1 N–H and O–H groups in total. The van der Waals surface area contributed by atoms with Gasteiger partial charge in [0, 0.05) is 30.8 Å². The molecule has 7 heteroatoms. The molecule has 6 nitrogen and oxygen atoms in total. The van der Waals surface area contributed by atoms with Crippen molar-refractivity contribution >= 4 is 23.0 Å². The van der Waals surface area contributed by atoms with Crippen LogP contribution >= 0.6 is 12.2 Å². The molecule has 1 aliphatic rings. The number of aryl methyl sites for hydroxylation is 1. The molecule has 0 radical (unpaired) electrons. The van der Waals surface area contributed by atoms with Gasteiger partial charge in [0.05, 0.1) is 18.8 Å². The number of anilines is 1. The highest BCUT2D eigenvalue weighted by Crippen LogP contribution is 2.41. The number of pyridine rings is 1. The summed E-state index contributed by atoms with van der Waals surface area (Å²) in [5.74, 6) is 2.29. The van der Waals surface area contributed by atoms with Crippen LogP contribution in [0.15, 0.2) is 91.3 Å². The lowest BCUT2D eigenvalue weighted by molar-refractivity contribution is 0.413. The predicted octanol–water partition coefficient (Wildman–Crippen LogP) is 5.40. The van der Waals surface area contributed by atoms with E-state index in [9.17, 15) is 0 Å². The second kappa shape index (κ2) is 8.96. The number of methoxy groups -OCH3 is 1. The zero-order valence-corrected chi connectivity index (χ0v) is 19.2. The van der Waals surface area contributed by atoms with Crippen molar-refractivity contribution < 1.29 is 9.47 Å². The molecule has 0 spiro atoms. The molecular formula is C26H24N4O2S. The normalized spacial score (nSPS) is 17.6. The van der Waals surface area contributed by atoms with Gasteiger partial charge in [0.1, 0.15) is 23.3 Å². The van der Waals surface area contributed by atoms with Crippen molar-refractivity contribution in [1.29, 1.82) is 0 Å². The Kier molecular flexibility index (Phi) is 5.71. The molecule has 2 aromatic carbocycles. The van der Waals surface area contributed by atoms with E-state index in [1.807, 2.05) is 72.9 Å². The van der Waals surface area contributed by atoms with Crippen LogP contribution < -0.4 is 19.7 Å². The molecule has 2 aromatic heterocycles. The minimum atomic E-state index is -0.0671. The molecular weight excluding hydrogens is 432 g/mol. The summed E-state index contributed by atoms with van der Waals surface area (Å²) in [4.78, 5) is 6.75. The monoisotopic (exact) mass is 456 g/mol. The van der Waals surface area contributed by atoms with Crippen LogP contribution in [-0.2, 0) is 7.05 Å². The van der Waals surface area contributed by atoms with Crippen molar-refractivity contribution in [3.63, 3.8) is 0 Å². The highest BCUT2D eigenvalue weighted by atomic mass is 32.1. The molecule has 0 aliphatic carbocycles. The van der Waals surface area contributed by atoms with E-state index in [1.54, 1.807) is 7.11 Å². The molecule has 5 rings (SSSR count). The van der Waals surface area contributed by atoms with Crippen LogP contribution in [0.3, 0.4) is 0 Å². The molecule has 0 bridgehead atoms. The Bertz CT molecular complexity index is 1240. The summed E-state index contributed by atoms with van der Waals surface area (Å²) in [6.07, 6.45) is 3.87. The van der Waals surface area contributed by atoms with Gasteiger partial charge in [-0.3, -0.25) is 4.98 Å². The summed E-state index contributed by atoms with van der Waals surface area (Å²) < 4.78 is 13.3. The number of aromatic nitrogens is 2. The van der Waals surface area contributed by atoms with Crippen molar-refractivity contribution in [2.45, 2.75) is 12.1 Å². The van der Waals surface area contributed by atoms with E-state index in [4.69, 9.17) is 21.7 Å². The first-order valence-corrected chi connectivity index (χ1v) is 11.1. The second-order valence-corrected chi connectivity index (χ2v) is 8.20. The summed E-state index contributed by atoms with van der Waals surface area (Å²) in [7, 11) is 3.70. The van der Waals surface area contributed by atoms with Crippen molar-refractivity contribution in [3.05, 3.63) is 103 Å². The van der Waals surface area contributed by atoms with E-state index in [0.29, 0.717) is 5.11 Å². The third-order valence-electron chi connectivity index (χ3n) is 5.80. The first-order chi connectivity index (χ1) is 16.1. The summed E-state index contributed by atoms with van der Waals surface area (Å²) in [5.41, 5.74) is 3.09. The number of nitrogens with zero attached hydrogens (tertiary/aromatic N) is 3. The van der Waals surface area contributed by atoms with Crippen LogP contribution in [0.25, 0.3) is 0 Å². The fourth-order valence-corrected chi connectivity index (χ4v) is 4.52. The molecule has 4 aromatic rings. The summed E-state index contributed by atoms with van der Waals surface area (Å²) in [6, 6.07) is 25.5. The Labute approximate surface area is 198 Å². The molecule has 3 heterocycles. The van der Waals surface area contributed by atoms with Crippen molar-refractivity contribution in [2.24, 2.45) is 7.05 Å². The lowest BCUT2D eigenvalue weighted by Gasteiger charge is -2.28. The Balaban J connectivity index is 1.45. The number of hydrogen-bond acceptors (Lipinski definition) is 4. The van der Waals surface area contributed by atoms with Gasteiger partial charge in [0.15, 0.2) is 5.11 Å². The Hall–Kier alpha value is -3.84. The summed E-state index contributed by atoms with van der Waals surface area (Å²) in [6.45, 7) is 0. The maximum absolute atomic E-state index is 5.99. The Morgan fingerprint density at radius 2 is 1.58 bits per heavy atom. The van der Waals surface area contributed by atoms with Crippen molar-refractivity contribution in [2.75, 3.05) is 12.0 Å². The standard InChI is InChI=1S/C26H24N4O2S/c1-29-17-5-7-23(29)25-24(22-6-3-4-16-27-22)28-26(33)30(25)18-8-10-20(11-9-18)32-21-14-12-19(31-2)13-15-21/h3-17,24-25H,1-2H3,(H,28,33)/t24-,25-/m0/s1. The molecule has 2 atom stereocenters. The minimum Gasteiger partial charge on any atom is -0.497 e. The molecule has 0 saturated carbocycles. The lowest BCUT2D eigenvalue weighted by Crippen LogP contribution is -2.30. The van der Waals surface area contributed by atoms with Gasteiger partial charge in [0.2, 0.25) is 0 Å². The van der Waals surface area contributed by atoms with E-state index in [2.05, 4.69) is 45.1 Å². The van der Waals surface area contributed by atoms with Crippen LogP contribution in [-0.4, -0.2) is 21.8 Å². The molecule has 1 saturated heterocycles. The van der Waals surface area contributed by atoms with E-state index in [-0.39, 0.29) is 12.1 Å². The molecule has 166 valence electrons. The summed E-state index contributed by atoms with van der Waals surface area (Å²) in [5, 5.41) is 4.16. The average molecular weight is 457 g/mol. The first-order valence-electron chi connectivity index (χ1n) is 10.7. The van der Waals surface area contributed by atoms with Gasteiger partial charge >= 0.3 is 0 Å². The smallest absolute Gasteiger partial charge is 0.174 e. The largest absolute Gasteiger partial charge is 0.497 e. The minimum absolute atomic E-state index is 0.0410. The Morgan fingerprint density at radius 3 is 2.18 bits per heavy atom. The van der Waals surface area contributed by atoms with Crippen molar-refractivity contribution in [1.82, 2.24) is 14.9 Å². The zero-order chi connectivity index (χ0) is 22.8. The zero-order valence-electron chi connectivity index (χ0n) is 18.4. The average Bonchev–Trinajstić information content (AvgIpc) is 3.43. The van der Waals surface area contributed by atoms with E-state index in [0.717, 1.165) is 34.3 Å². The number of benzene rings is 2. The van der Waals surface area contributed by atoms with Crippen LogP contribution in [0.2, 0.25) is 0 Å². The molecule has 0 amide bonds. The maximum Gasteiger partial charge on any atom is 0.174 e. The first kappa shape index (κ1) is 21.0. The Morgan fingerprint density at radius 1 is 0.879 bits per heavy atom. The van der Waals surface area contributed by atoms with Gasteiger partial charge in [-0.15, -0.1) is 0 Å². The molecule has 1 fully saturated rings. The van der Waals surface area contributed by atoms with Gasteiger partial charge in [-0.2, -0.15) is 0 Å². The number of rotatable bonds is 6. The number of ether oxygens (including phenoxy) is 2. The van der Waals surface area contributed by atoms with Crippen LogP contribution in [0.1, 0.15) is 23.5 Å². The molecule has 1 aliphatic heterocycles. The van der Waals surface area contributed by atoms with Gasteiger partial charge < -0.3 is 24.3 Å². The molecule has 0 unspecified atom stereocenters. The van der Waals surface area contributed by atoms with Gasteiger partial charge in [-0.05, 0) is 85.0 Å². The number of hydrogen-bond donors (Lipinski definition) is 1.